The molecule has 0 radical (unpaired) electrons. The molecule has 6 nitrogen and oxygen atoms in total. The van der Waals surface area contributed by atoms with Gasteiger partial charge in [0.1, 0.15) is 0 Å². The Labute approximate surface area is 133 Å². The summed E-state index contributed by atoms with van der Waals surface area (Å²) in [5.41, 5.74) is 0.102. The summed E-state index contributed by atoms with van der Waals surface area (Å²) in [6.45, 7) is 4.88. The largest absolute Gasteiger partial charge is 0.469 e. The average molecular weight is 318 g/mol. The molecular weight excluding hydrogens is 300 g/mol. The van der Waals surface area contributed by atoms with Crippen LogP contribution in [0.15, 0.2) is 24.3 Å². The van der Waals surface area contributed by atoms with Crippen LogP contribution in [0.1, 0.15) is 30.9 Å². The summed E-state index contributed by atoms with van der Waals surface area (Å²) >= 11 is 0. The Bertz CT molecular complexity index is 668. The zero-order valence-corrected chi connectivity index (χ0v) is 13.4. The van der Waals surface area contributed by atoms with E-state index in [1.54, 1.807) is 12.1 Å². The maximum Gasteiger partial charge on any atom is 0.328 e. The van der Waals surface area contributed by atoms with Gasteiger partial charge < -0.3 is 14.2 Å². The number of methoxy groups -OCH3 is 1. The normalized spacial score (nSPS) is 27.1. The minimum absolute atomic E-state index is 0.621. The van der Waals surface area contributed by atoms with Gasteiger partial charge in [-0.2, -0.15) is 0 Å². The molecule has 1 aromatic carbocycles. The van der Waals surface area contributed by atoms with Gasteiger partial charge in [0.15, 0.2) is 5.41 Å². The van der Waals surface area contributed by atoms with Crippen molar-refractivity contribution in [2.24, 2.45) is 11.3 Å². The Kier molecular flexibility index (Phi) is 3.25. The first-order valence-corrected chi connectivity index (χ1v) is 7.35. The van der Waals surface area contributed by atoms with E-state index in [1.807, 2.05) is 19.1 Å². The fraction of sp³-hybridized carbons (Fsp3) is 0.471. The second-order valence-electron chi connectivity index (χ2n) is 6.44. The molecule has 2 fully saturated rings. The van der Waals surface area contributed by atoms with Gasteiger partial charge in [-0.1, -0.05) is 29.8 Å². The van der Waals surface area contributed by atoms with Crippen LogP contribution in [0.5, 0.6) is 0 Å². The molecule has 1 saturated heterocycles. The number of ether oxygens (including phenoxy) is 3. The van der Waals surface area contributed by atoms with Gasteiger partial charge in [0.2, 0.25) is 0 Å². The fourth-order valence-electron chi connectivity index (χ4n) is 3.29. The highest BCUT2D eigenvalue weighted by molar-refractivity contribution is 6.12. The third-order valence-electron chi connectivity index (χ3n) is 4.45. The van der Waals surface area contributed by atoms with Crippen LogP contribution in [-0.4, -0.2) is 30.8 Å². The first-order chi connectivity index (χ1) is 10.7. The van der Waals surface area contributed by atoms with Crippen LogP contribution in [0.25, 0.3) is 0 Å². The molecule has 23 heavy (non-hydrogen) atoms. The van der Waals surface area contributed by atoms with Crippen molar-refractivity contribution in [3.05, 3.63) is 35.4 Å². The van der Waals surface area contributed by atoms with Crippen LogP contribution < -0.4 is 0 Å². The molecular formula is C17H18O6. The summed E-state index contributed by atoms with van der Waals surface area (Å²) in [6, 6.07) is 7.31. The quantitative estimate of drug-likeness (QED) is 0.610. The van der Waals surface area contributed by atoms with Gasteiger partial charge in [-0.25, -0.2) is 0 Å². The van der Waals surface area contributed by atoms with Crippen molar-refractivity contribution in [3.8, 4) is 0 Å². The molecule has 1 aromatic rings. The van der Waals surface area contributed by atoms with E-state index < -0.39 is 40.9 Å². The lowest BCUT2D eigenvalue weighted by molar-refractivity contribution is -0.244. The van der Waals surface area contributed by atoms with Crippen molar-refractivity contribution >= 4 is 17.9 Å². The topological polar surface area (TPSA) is 78.9 Å². The average Bonchev–Trinajstić information content (AvgIpc) is 3.16. The minimum atomic E-state index is -1.64. The van der Waals surface area contributed by atoms with Gasteiger partial charge in [-0.15, -0.1) is 0 Å². The second kappa shape index (κ2) is 4.81. The number of rotatable bonds is 2. The number of esters is 3. The minimum Gasteiger partial charge on any atom is -0.469 e. The standard InChI is InChI=1S/C17H18O6/c1-9-5-7-10(8-6-9)11-12(13(18)21-4)17(11)14(19)22-16(2,3)23-15(17)20/h5-8,11-12H,1-4H3/t11-,12-/m1/s1. The molecule has 122 valence electrons. The molecule has 0 amide bonds. The van der Waals surface area contributed by atoms with Crippen molar-refractivity contribution in [1.82, 2.24) is 0 Å². The van der Waals surface area contributed by atoms with E-state index in [4.69, 9.17) is 14.2 Å². The monoisotopic (exact) mass is 318 g/mol. The van der Waals surface area contributed by atoms with E-state index in [1.165, 1.54) is 21.0 Å². The zero-order chi connectivity index (χ0) is 17.0. The van der Waals surface area contributed by atoms with Crippen LogP contribution in [0, 0.1) is 18.3 Å². The maximum absolute atomic E-state index is 12.6. The van der Waals surface area contributed by atoms with Crippen molar-refractivity contribution < 1.29 is 28.6 Å². The van der Waals surface area contributed by atoms with E-state index >= 15 is 0 Å². The summed E-state index contributed by atoms with van der Waals surface area (Å²) in [7, 11) is 1.23. The van der Waals surface area contributed by atoms with E-state index in [2.05, 4.69) is 0 Å². The molecule has 0 unspecified atom stereocenters. The molecule has 6 heteroatoms. The molecule has 1 aliphatic heterocycles. The highest BCUT2D eigenvalue weighted by atomic mass is 16.7. The number of hydrogen-bond donors (Lipinski definition) is 0. The predicted octanol–water partition coefficient (Wildman–Crippen LogP) is 1.70. The number of cyclic esters (lactones) is 2. The first-order valence-electron chi connectivity index (χ1n) is 7.35. The lowest BCUT2D eigenvalue weighted by Crippen LogP contribution is -2.49. The summed E-state index contributed by atoms with van der Waals surface area (Å²) < 4.78 is 15.2. The smallest absolute Gasteiger partial charge is 0.328 e. The van der Waals surface area contributed by atoms with Crippen molar-refractivity contribution in [2.75, 3.05) is 7.11 Å². The molecule has 1 aliphatic carbocycles. The van der Waals surface area contributed by atoms with Gasteiger partial charge in [0.25, 0.3) is 5.79 Å². The molecule has 1 heterocycles. The number of benzene rings is 1. The van der Waals surface area contributed by atoms with Gasteiger partial charge in [-0.3, -0.25) is 14.4 Å². The lowest BCUT2D eigenvalue weighted by atomic mass is 9.97. The Morgan fingerprint density at radius 2 is 1.61 bits per heavy atom. The first kappa shape index (κ1) is 15.5. The Morgan fingerprint density at radius 3 is 2.09 bits per heavy atom. The van der Waals surface area contributed by atoms with Crippen LogP contribution in [-0.2, 0) is 28.6 Å². The number of hydrogen-bond acceptors (Lipinski definition) is 6. The van der Waals surface area contributed by atoms with Gasteiger partial charge in [0.05, 0.1) is 13.0 Å². The highest BCUT2D eigenvalue weighted by Gasteiger charge is 2.82. The number of carbonyl (C=O) groups excluding carboxylic acids is 3. The van der Waals surface area contributed by atoms with Gasteiger partial charge in [-0.05, 0) is 12.5 Å². The van der Waals surface area contributed by atoms with E-state index in [9.17, 15) is 14.4 Å². The van der Waals surface area contributed by atoms with Crippen molar-refractivity contribution in [2.45, 2.75) is 32.5 Å². The van der Waals surface area contributed by atoms with Crippen LogP contribution in [0.2, 0.25) is 0 Å². The Morgan fingerprint density at radius 1 is 1.09 bits per heavy atom. The fourth-order valence-corrected chi connectivity index (χ4v) is 3.29. The van der Waals surface area contributed by atoms with Crippen LogP contribution >= 0.6 is 0 Å². The van der Waals surface area contributed by atoms with Crippen molar-refractivity contribution in [3.63, 3.8) is 0 Å². The third-order valence-corrected chi connectivity index (χ3v) is 4.45. The molecule has 0 aromatic heterocycles. The zero-order valence-electron chi connectivity index (χ0n) is 13.4. The van der Waals surface area contributed by atoms with E-state index in [0.717, 1.165) is 5.56 Å². The summed E-state index contributed by atoms with van der Waals surface area (Å²) in [4.78, 5) is 37.2. The third kappa shape index (κ3) is 2.12. The SMILES string of the molecule is COC(=O)[C@H]1[C@@H](c2ccc(C)cc2)C12C(=O)OC(C)(C)OC2=O. The predicted molar refractivity (Wildman–Crippen MR) is 78.1 cm³/mol. The van der Waals surface area contributed by atoms with E-state index in [0.29, 0.717) is 5.56 Å². The molecule has 0 N–H and O–H groups in total. The molecule has 2 atom stereocenters. The van der Waals surface area contributed by atoms with Crippen LogP contribution in [0.4, 0.5) is 0 Å². The second-order valence-corrected chi connectivity index (χ2v) is 6.44. The summed E-state index contributed by atoms with van der Waals surface area (Å²) in [5, 5.41) is 0. The molecule has 2 aliphatic rings. The highest BCUT2D eigenvalue weighted by Crippen LogP contribution is 2.68. The number of carbonyl (C=O) groups is 3. The van der Waals surface area contributed by atoms with Gasteiger partial charge in [0, 0.05) is 19.8 Å². The molecule has 3 rings (SSSR count). The summed E-state index contributed by atoms with van der Waals surface area (Å²) in [6.07, 6.45) is 0. The maximum atomic E-state index is 12.6. The number of aryl methyl sites for hydroxylation is 1. The summed E-state index contributed by atoms with van der Waals surface area (Å²) in [5.74, 6) is -4.98. The Hall–Kier alpha value is -2.37. The molecule has 1 spiro atoms. The lowest BCUT2D eigenvalue weighted by Gasteiger charge is -2.33. The van der Waals surface area contributed by atoms with Crippen molar-refractivity contribution in [1.29, 1.82) is 0 Å². The van der Waals surface area contributed by atoms with Crippen LogP contribution in [0.3, 0.4) is 0 Å². The van der Waals surface area contributed by atoms with Gasteiger partial charge >= 0.3 is 17.9 Å². The molecule has 1 saturated carbocycles. The molecule has 0 bridgehead atoms. The van der Waals surface area contributed by atoms with E-state index in [-0.39, 0.29) is 0 Å². The Balaban J connectivity index is 2.05.